The van der Waals surface area contributed by atoms with E-state index in [2.05, 4.69) is 9.88 Å². The van der Waals surface area contributed by atoms with E-state index in [4.69, 9.17) is 11.6 Å². The molecule has 1 atom stereocenters. The number of amides is 2. The van der Waals surface area contributed by atoms with Gasteiger partial charge in [0, 0.05) is 52.0 Å². The lowest BCUT2D eigenvalue weighted by Crippen LogP contribution is -2.56. The Balaban J connectivity index is 1.64. The second-order valence-electron chi connectivity index (χ2n) is 9.04. The van der Waals surface area contributed by atoms with Gasteiger partial charge in [-0.25, -0.2) is 0 Å². The Hall–Kier alpha value is -2.60. The molecule has 1 aromatic heterocycles. The van der Waals surface area contributed by atoms with E-state index in [1.54, 1.807) is 31.3 Å². The Morgan fingerprint density at radius 2 is 1.81 bits per heavy atom. The summed E-state index contributed by atoms with van der Waals surface area (Å²) in [6.07, 6.45) is 6.64. The van der Waals surface area contributed by atoms with Crippen molar-refractivity contribution in [3.05, 3.63) is 58.9 Å². The quantitative estimate of drug-likeness (QED) is 0.701. The van der Waals surface area contributed by atoms with Gasteiger partial charge >= 0.3 is 0 Å². The van der Waals surface area contributed by atoms with Crippen LogP contribution in [0.4, 0.5) is 5.69 Å². The molecule has 0 unspecified atom stereocenters. The average molecular weight is 455 g/mol. The SMILES string of the molecule is CN(C)C(=O)[C@]1(c2ccccn2)CCCN(C(=O)c2ccc(Cl)c(N3CCCCC3)c2)C1. The van der Waals surface area contributed by atoms with Gasteiger partial charge in [-0.1, -0.05) is 17.7 Å². The maximum absolute atomic E-state index is 13.6. The van der Waals surface area contributed by atoms with Crippen LogP contribution in [0.15, 0.2) is 42.6 Å². The van der Waals surface area contributed by atoms with Crippen LogP contribution >= 0.6 is 11.6 Å². The summed E-state index contributed by atoms with van der Waals surface area (Å²) in [5, 5.41) is 0.674. The summed E-state index contributed by atoms with van der Waals surface area (Å²) < 4.78 is 0. The molecular weight excluding hydrogens is 424 g/mol. The fourth-order valence-corrected chi connectivity index (χ4v) is 5.24. The van der Waals surface area contributed by atoms with Gasteiger partial charge in [-0.05, 0) is 62.4 Å². The van der Waals surface area contributed by atoms with Crippen LogP contribution in [0.25, 0.3) is 0 Å². The number of anilines is 1. The number of carbonyl (C=O) groups is 2. The number of pyridine rings is 1. The number of hydrogen-bond donors (Lipinski definition) is 0. The molecule has 7 heteroatoms. The minimum Gasteiger partial charge on any atom is -0.370 e. The Bertz CT molecular complexity index is 975. The van der Waals surface area contributed by atoms with Crippen molar-refractivity contribution < 1.29 is 9.59 Å². The van der Waals surface area contributed by atoms with E-state index in [1.807, 2.05) is 35.2 Å². The lowest BCUT2D eigenvalue weighted by molar-refractivity contribution is -0.136. The Kier molecular flexibility index (Phi) is 6.70. The van der Waals surface area contributed by atoms with Crippen molar-refractivity contribution in [2.45, 2.75) is 37.5 Å². The molecule has 0 spiro atoms. The molecule has 0 bridgehead atoms. The van der Waals surface area contributed by atoms with Crippen molar-refractivity contribution in [3.8, 4) is 0 Å². The van der Waals surface area contributed by atoms with Gasteiger partial charge in [0.15, 0.2) is 0 Å². The first-order valence-electron chi connectivity index (χ1n) is 11.4. The van der Waals surface area contributed by atoms with Crippen molar-refractivity contribution in [2.24, 2.45) is 0 Å². The smallest absolute Gasteiger partial charge is 0.253 e. The van der Waals surface area contributed by atoms with Gasteiger partial charge in [0.25, 0.3) is 5.91 Å². The zero-order valence-corrected chi connectivity index (χ0v) is 19.6. The number of piperidine rings is 2. The van der Waals surface area contributed by atoms with Gasteiger partial charge in [0.2, 0.25) is 5.91 Å². The molecule has 1 aromatic carbocycles. The number of hydrogen-bond acceptors (Lipinski definition) is 4. The average Bonchev–Trinajstić information content (AvgIpc) is 2.84. The molecule has 4 rings (SSSR count). The standard InChI is InChI=1S/C25H31ClN4O2/c1-28(2)24(32)25(22-9-4-5-13-27-22)12-8-16-30(18-25)23(31)19-10-11-20(26)21(17-19)29-14-6-3-7-15-29/h4-5,9-11,13,17H,3,6-8,12,14-16,18H2,1-2H3/t25-/m1/s1. The molecule has 2 saturated heterocycles. The van der Waals surface area contributed by atoms with Crippen LogP contribution in [0.2, 0.25) is 5.02 Å². The highest BCUT2D eigenvalue weighted by molar-refractivity contribution is 6.33. The maximum Gasteiger partial charge on any atom is 0.253 e. The molecule has 2 aliphatic rings. The van der Waals surface area contributed by atoms with Crippen LogP contribution in [0, 0.1) is 0 Å². The molecule has 2 aliphatic heterocycles. The fourth-order valence-electron chi connectivity index (χ4n) is 5.00. The molecule has 32 heavy (non-hydrogen) atoms. The molecule has 0 aliphatic carbocycles. The molecule has 3 heterocycles. The molecular formula is C25H31ClN4O2. The minimum absolute atomic E-state index is 0.0150. The third kappa shape index (κ3) is 4.33. The van der Waals surface area contributed by atoms with E-state index < -0.39 is 5.41 Å². The number of aromatic nitrogens is 1. The van der Waals surface area contributed by atoms with Crippen LogP contribution in [0.5, 0.6) is 0 Å². The first-order valence-corrected chi connectivity index (χ1v) is 11.8. The Morgan fingerprint density at radius 3 is 2.50 bits per heavy atom. The van der Waals surface area contributed by atoms with E-state index >= 15 is 0 Å². The van der Waals surface area contributed by atoms with E-state index in [-0.39, 0.29) is 11.8 Å². The van der Waals surface area contributed by atoms with Crippen LogP contribution < -0.4 is 4.90 Å². The number of carbonyl (C=O) groups excluding carboxylic acids is 2. The van der Waals surface area contributed by atoms with E-state index in [1.165, 1.54) is 6.42 Å². The summed E-state index contributed by atoms with van der Waals surface area (Å²) in [6.45, 7) is 2.86. The van der Waals surface area contributed by atoms with Gasteiger partial charge in [-0.3, -0.25) is 14.6 Å². The summed E-state index contributed by atoms with van der Waals surface area (Å²) in [5.74, 6) is -0.0784. The highest BCUT2D eigenvalue weighted by Gasteiger charge is 2.47. The molecule has 0 N–H and O–H groups in total. The monoisotopic (exact) mass is 454 g/mol. The van der Waals surface area contributed by atoms with Crippen molar-refractivity contribution in [3.63, 3.8) is 0 Å². The molecule has 170 valence electrons. The number of rotatable bonds is 4. The highest BCUT2D eigenvalue weighted by atomic mass is 35.5. The minimum atomic E-state index is -0.833. The lowest BCUT2D eigenvalue weighted by atomic mass is 9.75. The number of likely N-dealkylation sites (tertiary alicyclic amines) is 1. The maximum atomic E-state index is 13.6. The van der Waals surface area contributed by atoms with Crippen molar-refractivity contribution in [1.29, 1.82) is 0 Å². The molecule has 2 aromatic rings. The zero-order chi connectivity index (χ0) is 22.7. The van der Waals surface area contributed by atoms with Crippen LogP contribution in [-0.2, 0) is 10.2 Å². The van der Waals surface area contributed by atoms with Gasteiger partial charge in [-0.15, -0.1) is 0 Å². The van der Waals surface area contributed by atoms with Gasteiger partial charge in [0.1, 0.15) is 5.41 Å². The fraction of sp³-hybridized carbons (Fsp3) is 0.480. The number of nitrogens with zero attached hydrogens (tertiary/aromatic N) is 4. The predicted octanol–water partition coefficient (Wildman–Crippen LogP) is 3.99. The number of benzene rings is 1. The van der Waals surface area contributed by atoms with E-state index in [9.17, 15) is 9.59 Å². The lowest BCUT2D eigenvalue weighted by Gasteiger charge is -2.42. The molecule has 6 nitrogen and oxygen atoms in total. The largest absolute Gasteiger partial charge is 0.370 e. The normalized spacial score (nSPS) is 21.3. The summed E-state index contributed by atoms with van der Waals surface area (Å²) in [4.78, 5) is 37.1. The second-order valence-corrected chi connectivity index (χ2v) is 9.45. The van der Waals surface area contributed by atoms with E-state index in [0.29, 0.717) is 30.1 Å². The summed E-state index contributed by atoms with van der Waals surface area (Å²) in [6, 6.07) is 11.2. The van der Waals surface area contributed by atoms with Crippen molar-refractivity contribution in [2.75, 3.05) is 45.2 Å². The number of halogens is 1. The van der Waals surface area contributed by atoms with E-state index in [0.717, 1.165) is 43.7 Å². The first kappa shape index (κ1) is 22.6. The number of likely N-dealkylation sites (N-methyl/N-ethyl adjacent to an activating group) is 1. The molecule has 0 radical (unpaired) electrons. The van der Waals surface area contributed by atoms with Crippen molar-refractivity contribution >= 4 is 29.1 Å². The molecule has 2 fully saturated rings. The van der Waals surface area contributed by atoms with Gasteiger partial charge in [0.05, 0.1) is 16.4 Å². The Morgan fingerprint density at radius 1 is 1.03 bits per heavy atom. The molecule has 2 amide bonds. The third-order valence-electron chi connectivity index (χ3n) is 6.64. The van der Waals surface area contributed by atoms with Crippen molar-refractivity contribution in [1.82, 2.24) is 14.8 Å². The second kappa shape index (κ2) is 9.49. The summed E-state index contributed by atoms with van der Waals surface area (Å²) in [7, 11) is 3.52. The van der Waals surface area contributed by atoms with Crippen LogP contribution in [-0.4, -0.2) is 66.9 Å². The summed E-state index contributed by atoms with van der Waals surface area (Å²) >= 11 is 6.50. The van der Waals surface area contributed by atoms with Gasteiger partial charge in [-0.2, -0.15) is 0 Å². The predicted molar refractivity (Wildman–Crippen MR) is 127 cm³/mol. The summed E-state index contributed by atoms with van der Waals surface area (Å²) in [5.41, 5.74) is 1.43. The zero-order valence-electron chi connectivity index (χ0n) is 18.9. The topological polar surface area (TPSA) is 56.8 Å². The van der Waals surface area contributed by atoms with Gasteiger partial charge < -0.3 is 14.7 Å². The first-order chi connectivity index (χ1) is 15.4. The highest BCUT2D eigenvalue weighted by Crippen LogP contribution is 2.36. The Labute approximate surface area is 195 Å². The third-order valence-corrected chi connectivity index (χ3v) is 6.96. The van der Waals surface area contributed by atoms with Crippen LogP contribution in [0.3, 0.4) is 0 Å². The van der Waals surface area contributed by atoms with Crippen LogP contribution in [0.1, 0.15) is 48.2 Å². The molecule has 0 saturated carbocycles.